The molecule has 4 rings (SSSR count). The van der Waals surface area contributed by atoms with Gasteiger partial charge in [-0.25, -0.2) is 0 Å². The van der Waals surface area contributed by atoms with Crippen LogP contribution in [0.2, 0.25) is 0 Å². The van der Waals surface area contributed by atoms with E-state index in [4.69, 9.17) is 0 Å². The molecule has 3 atom stereocenters. The Morgan fingerprint density at radius 2 is 1.61 bits per heavy atom. The molecule has 0 saturated carbocycles. The van der Waals surface area contributed by atoms with Crippen LogP contribution in [0.15, 0.2) is 54.6 Å². The molecule has 1 amide bonds. The molecule has 0 bridgehead atoms. The molecule has 0 unspecified atom stereocenters. The van der Waals surface area contributed by atoms with E-state index in [1.807, 2.05) is 18.2 Å². The molecule has 0 N–H and O–H groups in total. The molecular weight excluding hydrogens is 389 g/mol. The second kappa shape index (κ2) is 7.76. The average Bonchev–Trinajstić information content (AvgIpc) is 3.17. The Balaban J connectivity index is 0.00000225. The van der Waals surface area contributed by atoms with Crippen LogP contribution in [0.25, 0.3) is 0 Å². The molecule has 0 aliphatic carbocycles. The van der Waals surface area contributed by atoms with Gasteiger partial charge in [-0.15, -0.1) is 12.4 Å². The Hall–Kier alpha value is -2.05. The van der Waals surface area contributed by atoms with Crippen LogP contribution >= 0.6 is 12.4 Å². The van der Waals surface area contributed by atoms with E-state index >= 15 is 0 Å². The van der Waals surface area contributed by atoms with Gasteiger partial charge in [0.25, 0.3) is 5.91 Å². The van der Waals surface area contributed by atoms with Gasteiger partial charge in [-0.3, -0.25) is 9.69 Å². The van der Waals surface area contributed by atoms with Crippen LogP contribution in [0.5, 0.6) is 0 Å². The van der Waals surface area contributed by atoms with E-state index in [2.05, 4.69) is 24.1 Å². The number of amides is 1. The first kappa shape index (κ1) is 20.7. The molecule has 2 heterocycles. The van der Waals surface area contributed by atoms with Crippen molar-refractivity contribution in [3.63, 3.8) is 0 Å². The molecule has 0 aromatic heterocycles. The Morgan fingerprint density at radius 1 is 0.964 bits per heavy atom. The van der Waals surface area contributed by atoms with Crippen LogP contribution < -0.4 is 0 Å². The maximum absolute atomic E-state index is 12.8. The zero-order valence-corrected chi connectivity index (χ0v) is 16.2. The summed E-state index contributed by atoms with van der Waals surface area (Å²) in [5.74, 6) is 0.544. The fourth-order valence-corrected chi connectivity index (χ4v) is 4.56. The van der Waals surface area contributed by atoms with Crippen molar-refractivity contribution in [2.45, 2.75) is 12.2 Å². The third-order valence-electron chi connectivity index (χ3n) is 5.78. The van der Waals surface area contributed by atoms with Crippen LogP contribution in [0.3, 0.4) is 0 Å². The Bertz CT molecular complexity index is 826. The van der Waals surface area contributed by atoms with Gasteiger partial charge in [0.15, 0.2) is 0 Å². The van der Waals surface area contributed by atoms with Crippen LogP contribution in [0.4, 0.5) is 13.2 Å². The lowest BCUT2D eigenvalue weighted by Crippen LogP contribution is -2.33. The Kier molecular flexibility index (Phi) is 5.73. The normalized spacial score (nSPS) is 24.7. The van der Waals surface area contributed by atoms with Crippen molar-refractivity contribution >= 4 is 18.3 Å². The highest BCUT2D eigenvalue weighted by Gasteiger charge is 2.47. The van der Waals surface area contributed by atoms with Gasteiger partial charge in [-0.1, -0.05) is 30.3 Å². The predicted molar refractivity (Wildman–Crippen MR) is 103 cm³/mol. The monoisotopic (exact) mass is 410 g/mol. The maximum atomic E-state index is 12.8. The summed E-state index contributed by atoms with van der Waals surface area (Å²) >= 11 is 0. The van der Waals surface area contributed by atoms with Crippen molar-refractivity contribution in [1.29, 1.82) is 0 Å². The molecule has 150 valence electrons. The van der Waals surface area contributed by atoms with Crippen molar-refractivity contribution in [3.05, 3.63) is 71.3 Å². The van der Waals surface area contributed by atoms with Gasteiger partial charge in [0.1, 0.15) is 0 Å². The summed E-state index contributed by atoms with van der Waals surface area (Å²) in [6.45, 7) is 2.20. The predicted octanol–water partition coefficient (Wildman–Crippen LogP) is 4.50. The topological polar surface area (TPSA) is 23.6 Å². The van der Waals surface area contributed by atoms with E-state index in [1.54, 1.807) is 4.90 Å². The van der Waals surface area contributed by atoms with E-state index in [0.717, 1.165) is 18.7 Å². The molecule has 0 spiro atoms. The lowest BCUT2D eigenvalue weighted by Gasteiger charge is -2.27. The second-order valence-electron chi connectivity index (χ2n) is 7.50. The van der Waals surface area contributed by atoms with Crippen LogP contribution in [-0.4, -0.2) is 42.4 Å². The van der Waals surface area contributed by atoms with Crippen molar-refractivity contribution in [2.75, 3.05) is 26.7 Å². The lowest BCUT2D eigenvalue weighted by molar-refractivity contribution is -0.137. The number of halogens is 4. The molecule has 28 heavy (non-hydrogen) atoms. The zero-order valence-electron chi connectivity index (χ0n) is 15.4. The number of carbonyl (C=O) groups excluding carboxylic acids is 1. The third kappa shape index (κ3) is 3.76. The van der Waals surface area contributed by atoms with E-state index in [0.29, 0.717) is 30.5 Å². The zero-order chi connectivity index (χ0) is 19.2. The Labute approximate surface area is 168 Å². The minimum absolute atomic E-state index is 0. The molecule has 0 radical (unpaired) electrons. The summed E-state index contributed by atoms with van der Waals surface area (Å²) in [6, 6.07) is 15.0. The molecule has 2 aromatic rings. The van der Waals surface area contributed by atoms with E-state index < -0.39 is 11.7 Å². The fraction of sp³-hybridized carbons (Fsp3) is 0.381. The van der Waals surface area contributed by atoms with Crippen molar-refractivity contribution in [2.24, 2.45) is 11.8 Å². The Morgan fingerprint density at radius 3 is 2.21 bits per heavy atom. The van der Waals surface area contributed by atoms with Gasteiger partial charge in [0, 0.05) is 37.2 Å². The number of likely N-dealkylation sites (tertiary alicyclic amines) is 2. The van der Waals surface area contributed by atoms with Gasteiger partial charge in [-0.05, 0) is 42.8 Å². The first-order valence-electron chi connectivity index (χ1n) is 9.06. The van der Waals surface area contributed by atoms with Crippen LogP contribution in [0.1, 0.15) is 27.5 Å². The largest absolute Gasteiger partial charge is 0.416 e. The van der Waals surface area contributed by atoms with Gasteiger partial charge >= 0.3 is 6.18 Å². The minimum atomic E-state index is -4.39. The fourth-order valence-electron chi connectivity index (χ4n) is 4.56. The van der Waals surface area contributed by atoms with Gasteiger partial charge in [0.05, 0.1) is 5.56 Å². The molecule has 2 fully saturated rings. The lowest BCUT2D eigenvalue weighted by atomic mass is 9.90. The van der Waals surface area contributed by atoms with E-state index in [9.17, 15) is 18.0 Å². The molecule has 3 nitrogen and oxygen atoms in total. The van der Waals surface area contributed by atoms with Crippen LogP contribution in [-0.2, 0) is 6.18 Å². The highest BCUT2D eigenvalue weighted by Crippen LogP contribution is 2.44. The highest BCUT2D eigenvalue weighted by atomic mass is 35.5. The SMILES string of the molecule is CN1C[C@H]2CN(C(=O)c3ccc(C(F)(F)F)cc3)C[C@H]2[C@@H]1c1ccccc1.Cl. The maximum Gasteiger partial charge on any atom is 0.416 e. The number of carbonyl (C=O) groups is 1. The number of hydrogen-bond acceptors (Lipinski definition) is 2. The summed E-state index contributed by atoms with van der Waals surface area (Å²) in [5, 5.41) is 0. The standard InChI is InChI=1S/C21H21F3N2O.ClH/c1-25-11-16-12-26(13-18(16)19(25)14-5-3-2-4-6-14)20(27)15-7-9-17(10-8-15)21(22,23)24;/h2-10,16,18-19H,11-13H2,1H3;1H/t16-,18+,19-;/m0./s1. The smallest absolute Gasteiger partial charge is 0.338 e. The van der Waals surface area contributed by atoms with Gasteiger partial charge in [-0.2, -0.15) is 13.2 Å². The molecule has 2 aromatic carbocycles. The molecule has 7 heteroatoms. The number of fused-ring (bicyclic) bond motifs is 1. The first-order valence-corrected chi connectivity index (χ1v) is 9.06. The molecule has 2 saturated heterocycles. The number of rotatable bonds is 2. The third-order valence-corrected chi connectivity index (χ3v) is 5.78. The summed E-state index contributed by atoms with van der Waals surface area (Å²) in [4.78, 5) is 16.9. The summed E-state index contributed by atoms with van der Waals surface area (Å²) in [6.07, 6.45) is -4.39. The summed E-state index contributed by atoms with van der Waals surface area (Å²) in [5.41, 5.74) is 0.826. The minimum Gasteiger partial charge on any atom is -0.338 e. The van der Waals surface area contributed by atoms with Gasteiger partial charge in [0.2, 0.25) is 0 Å². The molecular formula is C21H22ClF3N2O. The van der Waals surface area contributed by atoms with Crippen molar-refractivity contribution < 1.29 is 18.0 Å². The summed E-state index contributed by atoms with van der Waals surface area (Å²) in [7, 11) is 2.11. The average molecular weight is 411 g/mol. The quantitative estimate of drug-likeness (QED) is 0.727. The molecule has 2 aliphatic rings. The van der Waals surface area contributed by atoms with Gasteiger partial charge < -0.3 is 4.90 Å². The first-order chi connectivity index (χ1) is 12.8. The van der Waals surface area contributed by atoms with Crippen molar-refractivity contribution in [1.82, 2.24) is 9.80 Å². The van der Waals surface area contributed by atoms with Crippen LogP contribution in [0, 0.1) is 11.8 Å². The summed E-state index contributed by atoms with van der Waals surface area (Å²) < 4.78 is 38.2. The number of hydrogen-bond donors (Lipinski definition) is 0. The molecule has 2 aliphatic heterocycles. The van der Waals surface area contributed by atoms with E-state index in [1.165, 1.54) is 17.7 Å². The number of benzene rings is 2. The second-order valence-corrected chi connectivity index (χ2v) is 7.50. The number of nitrogens with zero attached hydrogens (tertiary/aromatic N) is 2. The highest BCUT2D eigenvalue weighted by molar-refractivity contribution is 5.94. The van der Waals surface area contributed by atoms with E-state index in [-0.39, 0.29) is 24.4 Å². The van der Waals surface area contributed by atoms with Crippen molar-refractivity contribution in [3.8, 4) is 0 Å². The number of alkyl halides is 3.